The van der Waals surface area contributed by atoms with Crippen LogP contribution in [0.4, 0.5) is 10.1 Å². The number of fused-ring (bicyclic) bond motifs is 1. The second kappa shape index (κ2) is 6.07. The lowest BCUT2D eigenvalue weighted by Gasteiger charge is -2.07. The van der Waals surface area contributed by atoms with Crippen LogP contribution in [0.25, 0.3) is 20.7 Å². The monoisotopic (exact) mass is 352 g/mol. The summed E-state index contributed by atoms with van der Waals surface area (Å²) in [6, 6.07) is 14.9. The Morgan fingerprint density at radius 3 is 2.68 bits per heavy atom. The molecule has 124 valence electrons. The third-order valence-corrected chi connectivity index (χ3v) is 4.89. The lowest BCUT2D eigenvalue weighted by Crippen LogP contribution is -1.91. The molecular formula is C19H13FN2O2S. The number of halogens is 1. The number of nitrogen functional groups attached to an aromatic ring is 1. The molecule has 0 aliphatic carbocycles. The van der Waals surface area contributed by atoms with Gasteiger partial charge in [0.1, 0.15) is 11.5 Å². The zero-order chi connectivity index (χ0) is 17.4. The molecule has 4 nitrogen and oxygen atoms in total. The molecule has 0 saturated heterocycles. The number of rotatable bonds is 3. The highest BCUT2D eigenvalue weighted by molar-refractivity contribution is 7.22. The van der Waals surface area contributed by atoms with Crippen LogP contribution >= 0.6 is 11.3 Å². The van der Waals surface area contributed by atoms with E-state index in [9.17, 15) is 9.50 Å². The maximum Gasteiger partial charge on any atom is 0.167 e. The van der Waals surface area contributed by atoms with Crippen LogP contribution < -0.4 is 10.5 Å². The average molecular weight is 352 g/mol. The number of anilines is 1. The molecule has 6 heteroatoms. The Hall–Kier alpha value is -3.12. The van der Waals surface area contributed by atoms with E-state index in [1.807, 2.05) is 18.2 Å². The number of benzene rings is 2. The summed E-state index contributed by atoms with van der Waals surface area (Å²) in [4.78, 5) is 5.19. The molecule has 25 heavy (non-hydrogen) atoms. The van der Waals surface area contributed by atoms with Gasteiger partial charge in [-0.05, 0) is 30.3 Å². The molecule has 3 N–H and O–H groups in total. The number of aromatic hydroxyl groups is 1. The first-order valence-electron chi connectivity index (χ1n) is 7.51. The minimum absolute atomic E-state index is 0.0965. The fourth-order valence-electron chi connectivity index (χ4n) is 2.53. The molecule has 0 unspecified atom stereocenters. The van der Waals surface area contributed by atoms with Gasteiger partial charge in [-0.1, -0.05) is 12.1 Å². The van der Waals surface area contributed by atoms with E-state index in [0.29, 0.717) is 11.4 Å². The van der Waals surface area contributed by atoms with Gasteiger partial charge in [0, 0.05) is 34.5 Å². The topological polar surface area (TPSA) is 68.4 Å². The molecule has 0 radical (unpaired) electrons. The largest absolute Gasteiger partial charge is 0.507 e. The molecule has 0 aliphatic rings. The standard InChI is InChI=1S/C19H13FN2O2S/c20-13-9-11(21)5-6-16(13)24-17-7-8-22-14-10-18(25-19(14)17)12-3-1-2-4-15(12)23/h1-10,23H,21H2. The van der Waals surface area contributed by atoms with E-state index in [2.05, 4.69) is 4.98 Å². The van der Waals surface area contributed by atoms with Crippen LogP contribution in [0.2, 0.25) is 0 Å². The van der Waals surface area contributed by atoms with Crippen LogP contribution in [-0.2, 0) is 0 Å². The first kappa shape index (κ1) is 15.4. The summed E-state index contributed by atoms with van der Waals surface area (Å²) in [7, 11) is 0. The Bertz CT molecular complexity index is 1080. The van der Waals surface area contributed by atoms with Gasteiger partial charge in [0.15, 0.2) is 11.6 Å². The van der Waals surface area contributed by atoms with Crippen LogP contribution in [0.15, 0.2) is 60.8 Å². The number of ether oxygens (including phenoxy) is 1. The van der Waals surface area contributed by atoms with Crippen molar-refractivity contribution >= 4 is 27.2 Å². The van der Waals surface area contributed by atoms with Crippen molar-refractivity contribution in [3.8, 4) is 27.7 Å². The second-order valence-electron chi connectivity index (χ2n) is 5.44. The molecule has 0 aliphatic heterocycles. The third kappa shape index (κ3) is 2.88. The lowest BCUT2D eigenvalue weighted by atomic mass is 10.1. The maximum atomic E-state index is 14.0. The van der Waals surface area contributed by atoms with Crippen molar-refractivity contribution in [3.63, 3.8) is 0 Å². The zero-order valence-electron chi connectivity index (χ0n) is 12.9. The normalized spacial score (nSPS) is 10.9. The highest BCUT2D eigenvalue weighted by Crippen LogP contribution is 2.41. The fraction of sp³-hybridized carbons (Fsp3) is 0. The van der Waals surface area contributed by atoms with Crippen molar-refractivity contribution in [2.24, 2.45) is 0 Å². The molecule has 2 aromatic heterocycles. The van der Waals surface area contributed by atoms with Crippen LogP contribution in [0.1, 0.15) is 0 Å². The SMILES string of the molecule is Nc1ccc(Oc2ccnc3cc(-c4ccccc4O)sc23)c(F)c1. The molecule has 4 rings (SSSR count). The molecule has 0 spiro atoms. The van der Waals surface area contributed by atoms with Crippen LogP contribution in [0.3, 0.4) is 0 Å². The third-order valence-electron chi connectivity index (χ3n) is 3.72. The number of nitrogens with two attached hydrogens (primary N) is 1. The second-order valence-corrected chi connectivity index (χ2v) is 6.50. The summed E-state index contributed by atoms with van der Waals surface area (Å²) in [5.74, 6) is 0.267. The van der Waals surface area contributed by atoms with Crippen LogP contribution in [0, 0.1) is 5.82 Å². The molecule has 0 atom stereocenters. The Labute approximate surface area is 147 Å². The van der Waals surface area contributed by atoms with Crippen molar-refractivity contribution < 1.29 is 14.2 Å². The minimum atomic E-state index is -0.526. The maximum absolute atomic E-state index is 14.0. The van der Waals surface area contributed by atoms with E-state index in [1.165, 1.54) is 23.5 Å². The van der Waals surface area contributed by atoms with Gasteiger partial charge in [0.05, 0.1) is 10.2 Å². The summed E-state index contributed by atoms with van der Waals surface area (Å²) in [6.07, 6.45) is 1.61. The summed E-state index contributed by atoms with van der Waals surface area (Å²) in [5.41, 5.74) is 7.34. The van der Waals surface area contributed by atoms with Crippen molar-refractivity contribution in [3.05, 3.63) is 66.6 Å². The zero-order valence-corrected chi connectivity index (χ0v) is 13.8. The predicted molar refractivity (Wildman–Crippen MR) is 97.6 cm³/mol. The fourth-order valence-corrected chi connectivity index (χ4v) is 3.63. The van der Waals surface area contributed by atoms with E-state index in [0.717, 1.165) is 20.7 Å². The number of hydrogen-bond acceptors (Lipinski definition) is 5. The molecule has 0 saturated carbocycles. The van der Waals surface area contributed by atoms with Gasteiger partial charge in [-0.2, -0.15) is 0 Å². The van der Waals surface area contributed by atoms with Crippen LogP contribution in [0.5, 0.6) is 17.2 Å². The number of hydrogen-bond donors (Lipinski definition) is 2. The first-order chi connectivity index (χ1) is 12.1. The number of phenolic OH excluding ortho intramolecular Hbond substituents is 1. The molecule has 0 amide bonds. The van der Waals surface area contributed by atoms with Gasteiger partial charge in [-0.25, -0.2) is 4.39 Å². The highest BCUT2D eigenvalue weighted by atomic mass is 32.1. The number of nitrogens with zero attached hydrogens (tertiary/aromatic N) is 1. The van der Waals surface area contributed by atoms with Gasteiger partial charge in [0.2, 0.25) is 0 Å². The van der Waals surface area contributed by atoms with Crippen molar-refractivity contribution in [1.29, 1.82) is 0 Å². The number of para-hydroxylation sites is 1. The van der Waals surface area contributed by atoms with Crippen molar-refractivity contribution in [1.82, 2.24) is 4.98 Å². The highest BCUT2D eigenvalue weighted by Gasteiger charge is 2.14. The smallest absolute Gasteiger partial charge is 0.167 e. The quantitative estimate of drug-likeness (QED) is 0.498. The van der Waals surface area contributed by atoms with Gasteiger partial charge < -0.3 is 15.6 Å². The van der Waals surface area contributed by atoms with Gasteiger partial charge in [-0.15, -0.1) is 11.3 Å². The molecule has 2 aromatic carbocycles. The summed E-state index contributed by atoms with van der Waals surface area (Å²) in [5, 5.41) is 10.0. The number of pyridine rings is 1. The summed E-state index contributed by atoms with van der Waals surface area (Å²) in [6.45, 7) is 0. The Morgan fingerprint density at radius 1 is 1.04 bits per heavy atom. The van der Waals surface area contributed by atoms with E-state index in [1.54, 1.807) is 30.5 Å². The summed E-state index contributed by atoms with van der Waals surface area (Å²) >= 11 is 1.42. The lowest BCUT2D eigenvalue weighted by molar-refractivity contribution is 0.447. The van der Waals surface area contributed by atoms with Crippen molar-refractivity contribution in [2.45, 2.75) is 0 Å². The van der Waals surface area contributed by atoms with Gasteiger partial charge >= 0.3 is 0 Å². The van der Waals surface area contributed by atoms with Crippen LogP contribution in [-0.4, -0.2) is 10.1 Å². The predicted octanol–water partition coefficient (Wildman–Crippen LogP) is 5.18. The van der Waals surface area contributed by atoms with E-state index in [-0.39, 0.29) is 11.5 Å². The summed E-state index contributed by atoms with van der Waals surface area (Å²) < 4.78 is 20.5. The Kier molecular flexibility index (Phi) is 3.74. The van der Waals surface area contributed by atoms with E-state index >= 15 is 0 Å². The average Bonchev–Trinajstić information content (AvgIpc) is 3.02. The molecule has 4 aromatic rings. The number of phenols is 1. The Balaban J connectivity index is 1.79. The van der Waals surface area contributed by atoms with E-state index < -0.39 is 5.82 Å². The molecule has 0 fully saturated rings. The first-order valence-corrected chi connectivity index (χ1v) is 8.33. The molecular weight excluding hydrogens is 339 g/mol. The van der Waals surface area contributed by atoms with Gasteiger partial charge in [-0.3, -0.25) is 4.98 Å². The minimum Gasteiger partial charge on any atom is -0.507 e. The molecule has 2 heterocycles. The van der Waals surface area contributed by atoms with E-state index in [4.69, 9.17) is 10.5 Å². The number of aromatic nitrogens is 1. The van der Waals surface area contributed by atoms with Crippen molar-refractivity contribution in [2.75, 3.05) is 5.73 Å². The molecule has 0 bridgehead atoms. The number of thiophene rings is 1. The van der Waals surface area contributed by atoms with Gasteiger partial charge in [0.25, 0.3) is 0 Å². The Morgan fingerprint density at radius 2 is 1.88 bits per heavy atom.